The second kappa shape index (κ2) is 4.09. The first-order valence-corrected chi connectivity index (χ1v) is 7.64. The molecule has 3 aliphatic rings. The minimum absolute atomic E-state index is 0.462. The summed E-state index contributed by atoms with van der Waals surface area (Å²) in [6.45, 7) is 0. The fourth-order valence-corrected chi connectivity index (χ4v) is 5.14. The third-order valence-corrected chi connectivity index (χ3v) is 5.90. The smallest absolute Gasteiger partial charge is 0.00760 e. The molecule has 0 radical (unpaired) electrons. The van der Waals surface area contributed by atoms with E-state index in [2.05, 4.69) is 30.3 Å². The van der Waals surface area contributed by atoms with Gasteiger partial charge in [0.1, 0.15) is 0 Å². The maximum Gasteiger partial charge on any atom is 0.00760 e. The van der Waals surface area contributed by atoms with Crippen LogP contribution in [0, 0.1) is 29.6 Å². The molecule has 0 amide bonds. The van der Waals surface area contributed by atoms with Gasteiger partial charge in [0.05, 0.1) is 0 Å². The van der Waals surface area contributed by atoms with Crippen molar-refractivity contribution >= 4 is 0 Å². The van der Waals surface area contributed by atoms with Crippen molar-refractivity contribution in [3.8, 4) is 0 Å². The Kier molecular flexibility index (Phi) is 2.51. The molecular weight excluding hydrogens is 218 g/mol. The van der Waals surface area contributed by atoms with Crippen LogP contribution in [-0.2, 0) is 6.42 Å². The highest BCUT2D eigenvalue weighted by atomic mass is 14.8. The molecule has 2 N–H and O–H groups in total. The van der Waals surface area contributed by atoms with Gasteiger partial charge in [0, 0.05) is 6.04 Å². The van der Waals surface area contributed by atoms with E-state index in [-0.39, 0.29) is 0 Å². The predicted octanol–water partition coefficient (Wildman–Crippen LogP) is 3.24. The first-order valence-electron chi connectivity index (χ1n) is 7.64. The van der Waals surface area contributed by atoms with Crippen LogP contribution in [0.1, 0.15) is 31.2 Å². The average Bonchev–Trinajstić information content (AvgIpc) is 2.86. The molecule has 0 saturated heterocycles. The molecule has 4 rings (SSSR count). The van der Waals surface area contributed by atoms with Crippen LogP contribution in [0.3, 0.4) is 0 Å². The summed E-state index contributed by atoms with van der Waals surface area (Å²) >= 11 is 0. The molecule has 1 nitrogen and oxygen atoms in total. The van der Waals surface area contributed by atoms with Crippen molar-refractivity contribution in [1.82, 2.24) is 0 Å². The van der Waals surface area contributed by atoms with Crippen molar-refractivity contribution in [3.05, 3.63) is 35.9 Å². The molecule has 18 heavy (non-hydrogen) atoms. The quantitative estimate of drug-likeness (QED) is 0.860. The lowest BCUT2D eigenvalue weighted by molar-refractivity contribution is 0.398. The standard InChI is InChI=1S/C17H23N/c18-14(9-6-11-4-2-1-3-5-11)17-15-12-7-8-13(10-12)16(15)17/h1-5,12-17H,6-10,18H2. The van der Waals surface area contributed by atoms with Gasteiger partial charge in [-0.2, -0.15) is 0 Å². The van der Waals surface area contributed by atoms with Gasteiger partial charge in [-0.05, 0) is 67.3 Å². The van der Waals surface area contributed by atoms with Gasteiger partial charge < -0.3 is 5.73 Å². The molecule has 1 aromatic carbocycles. The molecule has 1 aromatic rings. The highest BCUT2D eigenvalue weighted by Gasteiger charge is 2.65. The zero-order valence-electron chi connectivity index (χ0n) is 11.0. The van der Waals surface area contributed by atoms with Gasteiger partial charge in [-0.15, -0.1) is 0 Å². The summed E-state index contributed by atoms with van der Waals surface area (Å²) in [5, 5.41) is 0. The Morgan fingerprint density at radius 2 is 1.72 bits per heavy atom. The Balaban J connectivity index is 1.34. The Hall–Kier alpha value is -0.820. The lowest BCUT2D eigenvalue weighted by atomic mass is 9.94. The molecule has 0 aromatic heterocycles. The van der Waals surface area contributed by atoms with Crippen LogP contribution in [0.5, 0.6) is 0 Å². The maximum absolute atomic E-state index is 6.47. The van der Waals surface area contributed by atoms with Crippen molar-refractivity contribution in [1.29, 1.82) is 0 Å². The van der Waals surface area contributed by atoms with E-state index in [4.69, 9.17) is 5.73 Å². The summed E-state index contributed by atoms with van der Waals surface area (Å²) < 4.78 is 0. The normalized spacial score (nSPS) is 41.7. The Morgan fingerprint density at radius 1 is 1.06 bits per heavy atom. The SMILES string of the molecule is NC(CCc1ccccc1)C1C2C3CCC(C3)C12. The van der Waals surface area contributed by atoms with Crippen molar-refractivity contribution in [2.24, 2.45) is 35.3 Å². The van der Waals surface area contributed by atoms with Crippen LogP contribution in [-0.4, -0.2) is 6.04 Å². The van der Waals surface area contributed by atoms with E-state index in [9.17, 15) is 0 Å². The third-order valence-electron chi connectivity index (χ3n) is 5.90. The Labute approximate surface area is 110 Å². The molecule has 5 unspecified atom stereocenters. The highest BCUT2D eigenvalue weighted by molar-refractivity contribution is 5.17. The Morgan fingerprint density at radius 3 is 2.39 bits per heavy atom. The van der Waals surface area contributed by atoms with E-state index >= 15 is 0 Å². The molecule has 0 heterocycles. The van der Waals surface area contributed by atoms with Gasteiger partial charge in [-0.3, -0.25) is 0 Å². The van der Waals surface area contributed by atoms with Crippen LogP contribution in [0.2, 0.25) is 0 Å². The van der Waals surface area contributed by atoms with Crippen LogP contribution in [0.4, 0.5) is 0 Å². The van der Waals surface area contributed by atoms with Crippen LogP contribution >= 0.6 is 0 Å². The zero-order valence-corrected chi connectivity index (χ0v) is 11.0. The fraction of sp³-hybridized carbons (Fsp3) is 0.647. The molecule has 0 spiro atoms. The second-order valence-electron chi connectivity index (χ2n) is 6.75. The summed E-state index contributed by atoms with van der Waals surface area (Å²) in [5.41, 5.74) is 7.92. The van der Waals surface area contributed by atoms with E-state index in [0.29, 0.717) is 6.04 Å². The summed E-state index contributed by atoms with van der Waals surface area (Å²) in [4.78, 5) is 0. The molecule has 3 aliphatic carbocycles. The van der Waals surface area contributed by atoms with Crippen molar-refractivity contribution in [3.63, 3.8) is 0 Å². The first kappa shape index (κ1) is 11.0. The van der Waals surface area contributed by atoms with Crippen LogP contribution < -0.4 is 5.73 Å². The molecular formula is C17H23N. The summed E-state index contributed by atoms with van der Waals surface area (Å²) in [7, 11) is 0. The second-order valence-corrected chi connectivity index (χ2v) is 6.75. The summed E-state index contributed by atoms with van der Waals surface area (Å²) in [5.74, 6) is 5.09. The van der Waals surface area contributed by atoms with Gasteiger partial charge in [0.25, 0.3) is 0 Å². The number of fused-ring (bicyclic) bond motifs is 5. The number of hydrogen-bond donors (Lipinski definition) is 1. The lowest BCUT2D eigenvalue weighted by Gasteiger charge is -2.16. The average molecular weight is 241 g/mol. The first-order chi connectivity index (χ1) is 8.84. The molecule has 2 bridgehead atoms. The van der Waals surface area contributed by atoms with Gasteiger partial charge in [-0.1, -0.05) is 30.3 Å². The number of aryl methyl sites for hydroxylation is 1. The number of rotatable bonds is 4. The predicted molar refractivity (Wildman–Crippen MR) is 74.0 cm³/mol. The van der Waals surface area contributed by atoms with E-state index in [0.717, 1.165) is 36.0 Å². The van der Waals surface area contributed by atoms with Gasteiger partial charge >= 0.3 is 0 Å². The van der Waals surface area contributed by atoms with Crippen LogP contribution in [0.25, 0.3) is 0 Å². The van der Waals surface area contributed by atoms with E-state index in [1.54, 1.807) is 0 Å². The van der Waals surface area contributed by atoms with Crippen molar-refractivity contribution < 1.29 is 0 Å². The number of nitrogens with two attached hydrogens (primary N) is 1. The fourth-order valence-electron chi connectivity index (χ4n) is 5.14. The minimum atomic E-state index is 0.462. The molecule has 3 saturated carbocycles. The zero-order chi connectivity index (χ0) is 12.1. The van der Waals surface area contributed by atoms with Crippen LogP contribution in [0.15, 0.2) is 30.3 Å². The molecule has 5 atom stereocenters. The molecule has 96 valence electrons. The van der Waals surface area contributed by atoms with Crippen molar-refractivity contribution in [2.75, 3.05) is 0 Å². The van der Waals surface area contributed by atoms with Crippen molar-refractivity contribution in [2.45, 2.75) is 38.1 Å². The third kappa shape index (κ3) is 1.64. The Bertz CT molecular complexity index is 410. The van der Waals surface area contributed by atoms with Gasteiger partial charge in [0.15, 0.2) is 0 Å². The van der Waals surface area contributed by atoms with E-state index < -0.39 is 0 Å². The summed E-state index contributed by atoms with van der Waals surface area (Å²) in [6, 6.07) is 11.3. The van der Waals surface area contributed by atoms with E-state index in [1.165, 1.54) is 31.2 Å². The summed E-state index contributed by atoms with van der Waals surface area (Å²) in [6.07, 6.45) is 6.90. The molecule has 1 heteroatoms. The van der Waals surface area contributed by atoms with Gasteiger partial charge in [-0.25, -0.2) is 0 Å². The topological polar surface area (TPSA) is 26.0 Å². The van der Waals surface area contributed by atoms with Gasteiger partial charge in [0.2, 0.25) is 0 Å². The molecule has 3 fully saturated rings. The largest absolute Gasteiger partial charge is 0.327 e. The number of benzene rings is 1. The monoisotopic (exact) mass is 241 g/mol. The van der Waals surface area contributed by atoms with E-state index in [1.807, 2.05) is 0 Å². The molecule has 0 aliphatic heterocycles. The highest BCUT2D eigenvalue weighted by Crippen LogP contribution is 2.70. The number of hydrogen-bond acceptors (Lipinski definition) is 1. The minimum Gasteiger partial charge on any atom is -0.327 e. The maximum atomic E-state index is 6.47. The lowest BCUT2D eigenvalue weighted by Crippen LogP contribution is -2.26.